The van der Waals surface area contributed by atoms with E-state index in [9.17, 15) is 0 Å². The maximum absolute atomic E-state index is 5.98. The lowest BCUT2D eigenvalue weighted by Crippen LogP contribution is -2.29. The molecule has 3 aromatic rings. The first-order valence-electron chi connectivity index (χ1n) is 8.59. The Labute approximate surface area is 151 Å². The average Bonchev–Trinajstić information content (AvgIpc) is 3.25. The Hall–Kier alpha value is -2.02. The minimum absolute atomic E-state index is 0.429. The molecule has 0 bridgehead atoms. The monoisotopic (exact) mass is 354 g/mol. The molecule has 0 saturated carbocycles. The van der Waals surface area contributed by atoms with Crippen LogP contribution in [-0.4, -0.2) is 32.8 Å². The van der Waals surface area contributed by atoms with Gasteiger partial charge in [-0.15, -0.1) is 11.3 Å². The molecule has 130 valence electrons. The number of ether oxygens (including phenoxy) is 1. The van der Waals surface area contributed by atoms with Crippen molar-refractivity contribution in [2.45, 2.75) is 26.2 Å². The van der Waals surface area contributed by atoms with Gasteiger partial charge in [0.2, 0.25) is 0 Å². The summed E-state index contributed by atoms with van der Waals surface area (Å²) in [5.41, 5.74) is 2.40. The quantitative estimate of drug-likeness (QED) is 0.682. The number of rotatable bonds is 6. The topological polar surface area (TPSA) is 43.2 Å². The Morgan fingerprint density at radius 1 is 1.16 bits per heavy atom. The van der Waals surface area contributed by atoms with Crippen LogP contribution in [-0.2, 0) is 31.0 Å². The first-order valence-corrected chi connectivity index (χ1v) is 9.47. The van der Waals surface area contributed by atoms with Gasteiger partial charge in [0.05, 0.1) is 18.9 Å². The van der Waals surface area contributed by atoms with Crippen molar-refractivity contribution in [1.29, 1.82) is 0 Å². The van der Waals surface area contributed by atoms with Crippen molar-refractivity contribution in [3.8, 4) is 0 Å². The maximum atomic E-state index is 5.98. The summed E-state index contributed by atoms with van der Waals surface area (Å²) in [6.07, 6.45) is 5.55. The van der Waals surface area contributed by atoms with Gasteiger partial charge in [0.1, 0.15) is 0 Å². The van der Waals surface area contributed by atoms with Crippen molar-refractivity contribution in [2.24, 2.45) is 5.92 Å². The summed E-state index contributed by atoms with van der Waals surface area (Å²) < 4.78 is 8.12. The van der Waals surface area contributed by atoms with E-state index >= 15 is 0 Å². The highest BCUT2D eigenvalue weighted by Gasteiger charge is 2.22. The molecule has 0 radical (unpaired) electrons. The van der Waals surface area contributed by atoms with Crippen LogP contribution in [0.4, 0.5) is 0 Å². The molecule has 1 aliphatic rings. The van der Waals surface area contributed by atoms with Gasteiger partial charge < -0.3 is 4.74 Å². The summed E-state index contributed by atoms with van der Waals surface area (Å²) >= 11 is 1.82. The molecule has 1 aliphatic heterocycles. The molecule has 0 unspecified atom stereocenters. The fourth-order valence-electron chi connectivity index (χ4n) is 3.30. The minimum Gasteiger partial charge on any atom is -0.376 e. The van der Waals surface area contributed by atoms with Crippen LogP contribution in [0, 0.1) is 5.92 Å². The Morgan fingerprint density at radius 2 is 2.16 bits per heavy atom. The standard InChI is InChI=1S/C19H22N4OS/c1-3-16(9-20-6-1)14-24-15-17-10-22(13-19-4-2-8-25-19)12-18-5-7-21-23(18)11-17/h1-9,17H,10-15H2/t17-/m0/s1. The second kappa shape index (κ2) is 7.91. The Balaban J connectivity index is 1.40. The molecular weight excluding hydrogens is 332 g/mol. The van der Waals surface area contributed by atoms with E-state index in [-0.39, 0.29) is 0 Å². The second-order valence-corrected chi connectivity index (χ2v) is 7.53. The summed E-state index contributed by atoms with van der Waals surface area (Å²) in [4.78, 5) is 8.05. The van der Waals surface area contributed by atoms with Crippen LogP contribution in [0.5, 0.6) is 0 Å². The average molecular weight is 354 g/mol. The SMILES string of the molecule is c1cncc(COC[C@H]2CN(Cc3cccs3)Cc3ccnn3C2)c1. The van der Waals surface area contributed by atoms with E-state index in [0.717, 1.165) is 38.3 Å². The lowest BCUT2D eigenvalue weighted by Gasteiger charge is -2.23. The molecule has 5 nitrogen and oxygen atoms in total. The fourth-order valence-corrected chi connectivity index (χ4v) is 4.04. The minimum atomic E-state index is 0.429. The molecule has 3 aromatic heterocycles. The Morgan fingerprint density at radius 3 is 3.00 bits per heavy atom. The molecule has 0 amide bonds. The predicted octanol–water partition coefficient (Wildman–Crippen LogP) is 3.19. The van der Waals surface area contributed by atoms with Gasteiger partial charge >= 0.3 is 0 Å². The van der Waals surface area contributed by atoms with Crippen molar-refractivity contribution in [3.63, 3.8) is 0 Å². The molecule has 4 rings (SSSR count). The molecule has 0 saturated heterocycles. The Kier molecular flexibility index (Phi) is 5.20. The van der Waals surface area contributed by atoms with E-state index in [2.05, 4.69) is 49.3 Å². The van der Waals surface area contributed by atoms with Crippen molar-refractivity contribution in [3.05, 3.63) is 70.4 Å². The molecule has 4 heterocycles. The zero-order valence-corrected chi connectivity index (χ0v) is 14.9. The van der Waals surface area contributed by atoms with Gasteiger partial charge in [-0.2, -0.15) is 5.10 Å². The van der Waals surface area contributed by atoms with Gasteiger partial charge in [-0.25, -0.2) is 0 Å². The fraction of sp³-hybridized carbons (Fsp3) is 0.368. The highest BCUT2D eigenvalue weighted by atomic mass is 32.1. The third kappa shape index (κ3) is 4.34. The van der Waals surface area contributed by atoms with Crippen molar-refractivity contribution < 1.29 is 4.74 Å². The van der Waals surface area contributed by atoms with Gasteiger partial charge in [0.25, 0.3) is 0 Å². The normalized spacial score (nSPS) is 18.0. The van der Waals surface area contributed by atoms with Crippen molar-refractivity contribution in [1.82, 2.24) is 19.7 Å². The lowest BCUT2D eigenvalue weighted by atomic mass is 10.1. The van der Waals surface area contributed by atoms with Crippen molar-refractivity contribution >= 4 is 11.3 Å². The van der Waals surface area contributed by atoms with Crippen LogP contribution >= 0.6 is 11.3 Å². The molecular formula is C19H22N4OS. The zero-order valence-electron chi connectivity index (χ0n) is 14.1. The van der Waals surface area contributed by atoms with E-state index in [1.54, 1.807) is 6.20 Å². The van der Waals surface area contributed by atoms with E-state index < -0.39 is 0 Å². The number of aromatic nitrogens is 3. The smallest absolute Gasteiger partial charge is 0.0731 e. The highest BCUT2D eigenvalue weighted by Crippen LogP contribution is 2.20. The van der Waals surface area contributed by atoms with Gasteiger partial charge in [-0.05, 0) is 29.1 Å². The summed E-state index contributed by atoms with van der Waals surface area (Å²) in [5, 5.41) is 6.64. The van der Waals surface area contributed by atoms with Crippen LogP contribution in [0.3, 0.4) is 0 Å². The highest BCUT2D eigenvalue weighted by molar-refractivity contribution is 7.09. The molecule has 1 atom stereocenters. The third-order valence-electron chi connectivity index (χ3n) is 4.44. The van der Waals surface area contributed by atoms with Crippen LogP contribution in [0.25, 0.3) is 0 Å². The molecule has 0 fully saturated rings. The van der Waals surface area contributed by atoms with Crippen LogP contribution < -0.4 is 0 Å². The number of hydrogen-bond donors (Lipinski definition) is 0. The number of fused-ring (bicyclic) bond motifs is 1. The van der Waals surface area contributed by atoms with Gasteiger partial charge in [0, 0.05) is 55.6 Å². The third-order valence-corrected chi connectivity index (χ3v) is 5.30. The van der Waals surface area contributed by atoms with E-state index in [4.69, 9.17) is 4.74 Å². The number of nitrogens with zero attached hydrogens (tertiary/aromatic N) is 4. The summed E-state index contributed by atoms with van der Waals surface area (Å²) in [6.45, 7) is 5.21. The summed E-state index contributed by atoms with van der Waals surface area (Å²) in [7, 11) is 0. The largest absolute Gasteiger partial charge is 0.376 e. The first-order chi connectivity index (χ1) is 12.4. The predicted molar refractivity (Wildman–Crippen MR) is 98.0 cm³/mol. The molecule has 0 spiro atoms. The zero-order chi connectivity index (χ0) is 16.9. The maximum Gasteiger partial charge on any atom is 0.0731 e. The van der Waals surface area contributed by atoms with E-state index in [1.165, 1.54) is 10.6 Å². The van der Waals surface area contributed by atoms with Crippen LogP contribution in [0.1, 0.15) is 16.1 Å². The molecule has 25 heavy (non-hydrogen) atoms. The van der Waals surface area contributed by atoms with Crippen LogP contribution in [0.15, 0.2) is 54.3 Å². The number of hydrogen-bond acceptors (Lipinski definition) is 5. The summed E-state index contributed by atoms with van der Waals surface area (Å²) in [5.74, 6) is 0.429. The first kappa shape index (κ1) is 16.4. The molecule has 6 heteroatoms. The lowest BCUT2D eigenvalue weighted by molar-refractivity contribution is 0.0657. The molecule has 0 aliphatic carbocycles. The number of pyridine rings is 1. The molecule has 0 aromatic carbocycles. The number of thiophene rings is 1. The van der Waals surface area contributed by atoms with E-state index in [0.29, 0.717) is 12.5 Å². The van der Waals surface area contributed by atoms with Gasteiger partial charge in [-0.3, -0.25) is 14.6 Å². The second-order valence-electron chi connectivity index (χ2n) is 6.50. The van der Waals surface area contributed by atoms with E-state index in [1.807, 2.05) is 29.8 Å². The summed E-state index contributed by atoms with van der Waals surface area (Å²) in [6, 6.07) is 10.5. The van der Waals surface area contributed by atoms with Gasteiger partial charge in [0.15, 0.2) is 0 Å². The van der Waals surface area contributed by atoms with Crippen LogP contribution in [0.2, 0.25) is 0 Å². The molecule has 0 N–H and O–H groups in total. The van der Waals surface area contributed by atoms with Crippen molar-refractivity contribution in [2.75, 3.05) is 13.2 Å². The van der Waals surface area contributed by atoms with Gasteiger partial charge in [-0.1, -0.05) is 12.1 Å². The Bertz CT molecular complexity index is 772.